The van der Waals surface area contributed by atoms with Gasteiger partial charge in [0.25, 0.3) is 0 Å². The second kappa shape index (κ2) is 9.17. The first kappa shape index (κ1) is 18.2. The third kappa shape index (κ3) is 5.72. The Hall–Kier alpha value is -2.63. The minimum Gasteiger partial charge on any atom is -0.491 e. The summed E-state index contributed by atoms with van der Waals surface area (Å²) in [5, 5.41) is 10.4. The van der Waals surface area contributed by atoms with E-state index < -0.39 is 6.10 Å². The van der Waals surface area contributed by atoms with Crippen LogP contribution in [0.15, 0.2) is 77.4 Å². The van der Waals surface area contributed by atoms with E-state index in [2.05, 4.69) is 0 Å². The number of ether oxygens (including phenoxy) is 1. The van der Waals surface area contributed by atoms with Gasteiger partial charge in [-0.05, 0) is 42.0 Å². The number of hydrogen-bond acceptors (Lipinski definition) is 4. The molecule has 1 N–H and O–H groups in total. The van der Waals surface area contributed by atoms with Crippen LogP contribution in [0.1, 0.15) is 11.3 Å². The molecule has 0 bridgehead atoms. The molecule has 0 fully saturated rings. The molecule has 5 heteroatoms. The molecule has 0 amide bonds. The zero-order valence-electron chi connectivity index (χ0n) is 14.4. The summed E-state index contributed by atoms with van der Waals surface area (Å²) < 4.78 is 24.2. The highest BCUT2D eigenvalue weighted by Gasteiger charge is 2.15. The molecular weight excluding hydrogens is 333 g/mol. The smallest absolute Gasteiger partial charge is 0.123 e. The summed E-state index contributed by atoms with van der Waals surface area (Å²) in [5.74, 6) is 1.27. The maximum absolute atomic E-state index is 13.1. The van der Waals surface area contributed by atoms with Gasteiger partial charge in [-0.25, -0.2) is 4.39 Å². The molecule has 4 nitrogen and oxygen atoms in total. The SMILES string of the molecule is O[C@@H](COc1ccccc1)CN(Cc1ccc(F)cc1)Cc1ccco1. The van der Waals surface area contributed by atoms with Crippen molar-refractivity contribution in [1.29, 1.82) is 0 Å². The van der Waals surface area contributed by atoms with Crippen LogP contribution in [0.5, 0.6) is 5.75 Å². The van der Waals surface area contributed by atoms with E-state index in [0.717, 1.165) is 17.1 Å². The molecule has 0 spiro atoms. The second-order valence-corrected chi connectivity index (χ2v) is 6.15. The van der Waals surface area contributed by atoms with Crippen molar-refractivity contribution in [3.63, 3.8) is 0 Å². The Bertz CT molecular complexity index is 760. The molecule has 26 heavy (non-hydrogen) atoms. The molecule has 0 unspecified atom stereocenters. The van der Waals surface area contributed by atoms with Gasteiger partial charge in [0, 0.05) is 13.1 Å². The number of furan rings is 1. The minimum absolute atomic E-state index is 0.197. The molecule has 1 aromatic heterocycles. The fourth-order valence-electron chi connectivity index (χ4n) is 2.72. The van der Waals surface area contributed by atoms with E-state index in [1.54, 1.807) is 18.4 Å². The van der Waals surface area contributed by atoms with Gasteiger partial charge in [-0.3, -0.25) is 4.90 Å². The predicted molar refractivity (Wildman–Crippen MR) is 97.2 cm³/mol. The normalized spacial score (nSPS) is 12.3. The first-order valence-electron chi connectivity index (χ1n) is 8.54. The molecule has 2 aromatic carbocycles. The fourth-order valence-corrected chi connectivity index (χ4v) is 2.72. The third-order valence-corrected chi connectivity index (χ3v) is 3.93. The van der Waals surface area contributed by atoms with Crippen molar-refractivity contribution in [2.75, 3.05) is 13.2 Å². The van der Waals surface area contributed by atoms with Gasteiger partial charge in [-0.15, -0.1) is 0 Å². The number of aliphatic hydroxyl groups is 1. The van der Waals surface area contributed by atoms with Gasteiger partial charge in [-0.1, -0.05) is 30.3 Å². The van der Waals surface area contributed by atoms with Crippen molar-refractivity contribution < 1.29 is 18.7 Å². The maximum atomic E-state index is 13.1. The molecular formula is C21H22FNO3. The molecule has 3 rings (SSSR count). The summed E-state index contributed by atoms with van der Waals surface area (Å²) in [7, 11) is 0. The van der Waals surface area contributed by atoms with Crippen LogP contribution in [-0.4, -0.2) is 29.3 Å². The first-order valence-corrected chi connectivity index (χ1v) is 8.54. The van der Waals surface area contributed by atoms with Crippen molar-refractivity contribution in [2.45, 2.75) is 19.2 Å². The van der Waals surface area contributed by atoms with E-state index in [4.69, 9.17) is 9.15 Å². The third-order valence-electron chi connectivity index (χ3n) is 3.93. The lowest BCUT2D eigenvalue weighted by Gasteiger charge is -2.24. The van der Waals surface area contributed by atoms with Crippen LogP contribution in [0.3, 0.4) is 0 Å². The van der Waals surface area contributed by atoms with Crippen molar-refractivity contribution in [3.8, 4) is 5.75 Å². The van der Waals surface area contributed by atoms with Gasteiger partial charge in [0.2, 0.25) is 0 Å². The quantitative estimate of drug-likeness (QED) is 0.633. The van der Waals surface area contributed by atoms with Crippen LogP contribution in [0.2, 0.25) is 0 Å². The zero-order valence-corrected chi connectivity index (χ0v) is 14.4. The van der Waals surface area contributed by atoms with Crippen molar-refractivity contribution in [1.82, 2.24) is 4.90 Å². The molecule has 0 aliphatic carbocycles. The van der Waals surface area contributed by atoms with E-state index in [1.165, 1.54) is 12.1 Å². The Kier molecular flexibility index (Phi) is 6.41. The van der Waals surface area contributed by atoms with Gasteiger partial charge in [0.05, 0.1) is 12.8 Å². The molecule has 0 saturated heterocycles. The van der Waals surface area contributed by atoms with Crippen LogP contribution in [0.4, 0.5) is 4.39 Å². The summed E-state index contributed by atoms with van der Waals surface area (Å²) in [6.07, 6.45) is 0.964. The van der Waals surface area contributed by atoms with Gasteiger partial charge in [0.15, 0.2) is 0 Å². The van der Waals surface area contributed by atoms with Crippen LogP contribution in [0, 0.1) is 5.82 Å². The van der Waals surface area contributed by atoms with Gasteiger partial charge >= 0.3 is 0 Å². The average Bonchev–Trinajstić information content (AvgIpc) is 3.16. The number of nitrogens with zero attached hydrogens (tertiary/aromatic N) is 1. The molecule has 1 atom stereocenters. The van der Waals surface area contributed by atoms with E-state index >= 15 is 0 Å². The molecule has 3 aromatic rings. The lowest BCUT2D eigenvalue weighted by molar-refractivity contribution is 0.0604. The minimum atomic E-state index is -0.661. The van der Waals surface area contributed by atoms with E-state index in [0.29, 0.717) is 19.6 Å². The van der Waals surface area contributed by atoms with E-state index in [9.17, 15) is 9.50 Å². The standard InChI is InChI=1S/C21H22FNO3/c22-18-10-8-17(9-11-18)13-23(15-21-7-4-12-25-21)14-19(24)16-26-20-5-2-1-3-6-20/h1-12,19,24H,13-16H2/t19-/m1/s1. The number of hydrogen-bond donors (Lipinski definition) is 1. The molecule has 136 valence electrons. The molecule has 0 saturated carbocycles. The fraction of sp³-hybridized carbons (Fsp3) is 0.238. The van der Waals surface area contributed by atoms with Crippen molar-refractivity contribution in [2.24, 2.45) is 0 Å². The summed E-state index contributed by atoms with van der Waals surface area (Å²) >= 11 is 0. The van der Waals surface area contributed by atoms with E-state index in [-0.39, 0.29) is 12.4 Å². The molecule has 0 aliphatic rings. The maximum Gasteiger partial charge on any atom is 0.123 e. The molecule has 0 aliphatic heterocycles. The molecule has 1 heterocycles. The van der Waals surface area contributed by atoms with Gasteiger partial charge in [0.1, 0.15) is 30.0 Å². The largest absolute Gasteiger partial charge is 0.491 e. The summed E-state index contributed by atoms with van der Waals surface area (Å²) in [5.41, 5.74) is 0.967. The van der Waals surface area contributed by atoms with Crippen LogP contribution in [-0.2, 0) is 13.1 Å². The summed E-state index contributed by atoms with van der Waals surface area (Å²) in [6.45, 7) is 1.73. The Morgan fingerprint density at radius 3 is 2.42 bits per heavy atom. The second-order valence-electron chi connectivity index (χ2n) is 6.15. The summed E-state index contributed by atoms with van der Waals surface area (Å²) in [6, 6.07) is 19.5. The van der Waals surface area contributed by atoms with Gasteiger partial charge < -0.3 is 14.3 Å². The van der Waals surface area contributed by atoms with Gasteiger partial charge in [-0.2, -0.15) is 0 Å². The van der Waals surface area contributed by atoms with E-state index in [1.807, 2.05) is 47.4 Å². The molecule has 0 radical (unpaired) electrons. The number of halogens is 1. The number of rotatable bonds is 9. The predicted octanol–water partition coefficient (Wildman–Crippen LogP) is 3.86. The highest BCUT2D eigenvalue weighted by Crippen LogP contribution is 2.13. The average molecular weight is 355 g/mol. The lowest BCUT2D eigenvalue weighted by atomic mass is 10.2. The Labute approximate surface area is 152 Å². The van der Waals surface area contributed by atoms with Crippen molar-refractivity contribution >= 4 is 0 Å². The monoisotopic (exact) mass is 355 g/mol. The number of benzene rings is 2. The highest BCUT2D eigenvalue weighted by atomic mass is 19.1. The van der Waals surface area contributed by atoms with Crippen molar-refractivity contribution in [3.05, 3.63) is 90.1 Å². The van der Waals surface area contributed by atoms with Crippen LogP contribution < -0.4 is 4.74 Å². The Morgan fingerprint density at radius 2 is 1.73 bits per heavy atom. The highest BCUT2D eigenvalue weighted by molar-refractivity contribution is 5.21. The van der Waals surface area contributed by atoms with Crippen LogP contribution in [0.25, 0.3) is 0 Å². The summed E-state index contributed by atoms with van der Waals surface area (Å²) in [4.78, 5) is 2.05. The zero-order chi connectivity index (χ0) is 18.2. The Morgan fingerprint density at radius 1 is 0.962 bits per heavy atom. The number of aliphatic hydroxyl groups excluding tert-OH is 1. The first-order chi connectivity index (χ1) is 12.7. The number of para-hydroxylation sites is 1. The Balaban J connectivity index is 1.59. The van der Waals surface area contributed by atoms with Crippen LogP contribution >= 0.6 is 0 Å². The topological polar surface area (TPSA) is 45.8 Å². The lowest BCUT2D eigenvalue weighted by Crippen LogP contribution is -2.35.